The lowest BCUT2D eigenvalue weighted by Gasteiger charge is -2.32. The van der Waals surface area contributed by atoms with Crippen LogP contribution in [0.2, 0.25) is 0 Å². The standard InChI is InChI=1S/C27H24O2/c1-19-17-20(13-15-25(19)28)21-14-16-26(29)24(18-21)27(2,22-9-5-3-6-10-22)23-11-7-4-8-12-23/h3-18,28-29H,1-2H3. The SMILES string of the molecule is Cc1cc(-c2ccc(O)c(C(C)(c3ccccc3)c3ccccc3)c2)ccc1O. The monoisotopic (exact) mass is 380 g/mol. The molecular formula is C27H24O2. The molecule has 0 amide bonds. The molecule has 0 fully saturated rings. The third kappa shape index (κ3) is 3.38. The minimum absolute atomic E-state index is 0.263. The van der Waals surface area contributed by atoms with Crippen molar-refractivity contribution in [2.75, 3.05) is 0 Å². The topological polar surface area (TPSA) is 40.5 Å². The van der Waals surface area contributed by atoms with Gasteiger partial charge >= 0.3 is 0 Å². The lowest BCUT2D eigenvalue weighted by molar-refractivity contribution is 0.457. The summed E-state index contributed by atoms with van der Waals surface area (Å²) in [4.78, 5) is 0. The van der Waals surface area contributed by atoms with Gasteiger partial charge in [-0.05, 0) is 65.9 Å². The molecule has 0 aliphatic carbocycles. The van der Waals surface area contributed by atoms with E-state index in [2.05, 4.69) is 37.3 Å². The number of aryl methyl sites for hydroxylation is 1. The van der Waals surface area contributed by atoms with Gasteiger partial charge < -0.3 is 10.2 Å². The van der Waals surface area contributed by atoms with Gasteiger partial charge in [0.1, 0.15) is 11.5 Å². The largest absolute Gasteiger partial charge is 0.508 e. The van der Waals surface area contributed by atoms with Crippen LogP contribution in [0.5, 0.6) is 11.5 Å². The minimum Gasteiger partial charge on any atom is -0.508 e. The Morgan fingerprint density at radius 3 is 1.59 bits per heavy atom. The lowest BCUT2D eigenvalue weighted by Crippen LogP contribution is -2.25. The van der Waals surface area contributed by atoms with Crippen LogP contribution in [0.15, 0.2) is 97.1 Å². The van der Waals surface area contributed by atoms with E-state index < -0.39 is 5.41 Å². The fourth-order valence-electron chi connectivity index (χ4n) is 3.97. The molecule has 0 unspecified atom stereocenters. The highest BCUT2D eigenvalue weighted by molar-refractivity contribution is 5.69. The van der Waals surface area contributed by atoms with Crippen LogP contribution >= 0.6 is 0 Å². The molecule has 4 aromatic rings. The molecular weight excluding hydrogens is 356 g/mol. The summed E-state index contributed by atoms with van der Waals surface area (Å²) in [6.45, 7) is 4.04. The van der Waals surface area contributed by atoms with Crippen molar-refractivity contribution in [2.24, 2.45) is 0 Å². The molecule has 0 radical (unpaired) electrons. The van der Waals surface area contributed by atoms with Crippen molar-refractivity contribution < 1.29 is 10.2 Å². The zero-order chi connectivity index (χ0) is 20.4. The van der Waals surface area contributed by atoms with Gasteiger partial charge in [-0.3, -0.25) is 0 Å². The number of aromatic hydroxyl groups is 2. The van der Waals surface area contributed by atoms with Crippen LogP contribution in [0.4, 0.5) is 0 Å². The normalized spacial score (nSPS) is 11.4. The van der Waals surface area contributed by atoms with Crippen molar-refractivity contribution in [1.29, 1.82) is 0 Å². The second kappa shape index (κ2) is 7.48. The van der Waals surface area contributed by atoms with E-state index >= 15 is 0 Å². The second-order valence-electron chi connectivity index (χ2n) is 7.59. The number of benzene rings is 4. The zero-order valence-corrected chi connectivity index (χ0v) is 16.6. The Morgan fingerprint density at radius 2 is 1.07 bits per heavy atom. The second-order valence-corrected chi connectivity index (χ2v) is 7.59. The summed E-state index contributed by atoms with van der Waals surface area (Å²) in [7, 11) is 0. The molecule has 0 aliphatic rings. The lowest BCUT2D eigenvalue weighted by atomic mass is 9.70. The van der Waals surface area contributed by atoms with Crippen molar-refractivity contribution in [2.45, 2.75) is 19.3 Å². The molecule has 0 spiro atoms. The van der Waals surface area contributed by atoms with Gasteiger partial charge in [-0.2, -0.15) is 0 Å². The van der Waals surface area contributed by atoms with Gasteiger partial charge in [-0.1, -0.05) is 72.8 Å². The van der Waals surface area contributed by atoms with E-state index in [1.807, 2.05) is 61.5 Å². The Bertz CT molecular complexity index is 1090. The van der Waals surface area contributed by atoms with Gasteiger partial charge in [-0.15, -0.1) is 0 Å². The van der Waals surface area contributed by atoms with E-state index in [1.165, 1.54) is 0 Å². The van der Waals surface area contributed by atoms with Crippen LogP contribution in [-0.4, -0.2) is 10.2 Å². The fraction of sp³-hybridized carbons (Fsp3) is 0.111. The van der Waals surface area contributed by atoms with E-state index in [0.29, 0.717) is 0 Å². The summed E-state index contributed by atoms with van der Waals surface area (Å²) < 4.78 is 0. The maximum Gasteiger partial charge on any atom is 0.120 e. The van der Waals surface area contributed by atoms with Crippen molar-refractivity contribution >= 4 is 0 Å². The Kier molecular flexibility index (Phi) is 4.85. The van der Waals surface area contributed by atoms with Crippen LogP contribution < -0.4 is 0 Å². The molecule has 4 aromatic carbocycles. The van der Waals surface area contributed by atoms with Crippen LogP contribution in [0.1, 0.15) is 29.2 Å². The average Bonchev–Trinajstić information content (AvgIpc) is 2.77. The van der Waals surface area contributed by atoms with Crippen molar-refractivity contribution in [1.82, 2.24) is 0 Å². The predicted octanol–water partition coefficient (Wildman–Crippen LogP) is 6.43. The van der Waals surface area contributed by atoms with E-state index in [-0.39, 0.29) is 11.5 Å². The van der Waals surface area contributed by atoms with Gasteiger partial charge in [-0.25, -0.2) is 0 Å². The van der Waals surface area contributed by atoms with Gasteiger partial charge in [0.2, 0.25) is 0 Å². The van der Waals surface area contributed by atoms with Crippen molar-refractivity contribution in [3.63, 3.8) is 0 Å². The van der Waals surface area contributed by atoms with E-state index in [9.17, 15) is 10.2 Å². The quantitative estimate of drug-likeness (QED) is 0.401. The van der Waals surface area contributed by atoms with Gasteiger partial charge in [0.15, 0.2) is 0 Å². The van der Waals surface area contributed by atoms with Crippen LogP contribution in [0, 0.1) is 6.92 Å². The number of hydrogen-bond donors (Lipinski definition) is 2. The summed E-state index contributed by atoms with van der Waals surface area (Å²) in [5.41, 5.74) is 5.38. The maximum absolute atomic E-state index is 10.9. The highest BCUT2D eigenvalue weighted by Crippen LogP contribution is 2.44. The summed E-state index contributed by atoms with van der Waals surface area (Å²) in [6.07, 6.45) is 0. The number of hydrogen-bond acceptors (Lipinski definition) is 2. The first kappa shape index (κ1) is 18.8. The first-order valence-corrected chi connectivity index (χ1v) is 9.74. The Hall–Kier alpha value is -3.52. The van der Waals surface area contributed by atoms with E-state index in [1.54, 1.807) is 12.1 Å². The molecule has 144 valence electrons. The fourth-order valence-corrected chi connectivity index (χ4v) is 3.97. The molecule has 0 aromatic heterocycles. The molecule has 0 atom stereocenters. The van der Waals surface area contributed by atoms with Crippen LogP contribution in [-0.2, 0) is 5.41 Å². The van der Waals surface area contributed by atoms with Gasteiger partial charge in [0.05, 0.1) is 0 Å². The molecule has 0 aliphatic heterocycles. The van der Waals surface area contributed by atoms with Crippen LogP contribution in [0.25, 0.3) is 11.1 Å². The molecule has 2 N–H and O–H groups in total. The van der Waals surface area contributed by atoms with E-state index in [0.717, 1.165) is 33.4 Å². The Balaban J connectivity index is 1.95. The summed E-state index contributed by atoms with van der Waals surface area (Å²) in [5, 5.41) is 20.8. The average molecular weight is 380 g/mol. The third-order valence-electron chi connectivity index (χ3n) is 5.77. The predicted molar refractivity (Wildman–Crippen MR) is 118 cm³/mol. The smallest absolute Gasteiger partial charge is 0.120 e. The first-order chi connectivity index (χ1) is 14.0. The highest BCUT2D eigenvalue weighted by Gasteiger charge is 2.33. The molecule has 0 bridgehead atoms. The molecule has 0 saturated heterocycles. The highest BCUT2D eigenvalue weighted by atomic mass is 16.3. The van der Waals surface area contributed by atoms with Crippen molar-refractivity contribution in [3.05, 3.63) is 119 Å². The first-order valence-electron chi connectivity index (χ1n) is 9.74. The van der Waals surface area contributed by atoms with Crippen LogP contribution in [0.3, 0.4) is 0 Å². The molecule has 29 heavy (non-hydrogen) atoms. The molecule has 0 heterocycles. The summed E-state index contributed by atoms with van der Waals surface area (Å²) in [6, 6.07) is 31.8. The summed E-state index contributed by atoms with van der Waals surface area (Å²) >= 11 is 0. The molecule has 0 saturated carbocycles. The van der Waals surface area contributed by atoms with Gasteiger partial charge in [0.25, 0.3) is 0 Å². The number of phenolic OH excluding ortho intramolecular Hbond substituents is 2. The van der Waals surface area contributed by atoms with Crippen molar-refractivity contribution in [3.8, 4) is 22.6 Å². The number of rotatable bonds is 4. The number of phenols is 2. The maximum atomic E-state index is 10.9. The Morgan fingerprint density at radius 1 is 0.586 bits per heavy atom. The molecule has 2 nitrogen and oxygen atoms in total. The molecule has 4 rings (SSSR count). The minimum atomic E-state index is -0.519. The van der Waals surface area contributed by atoms with E-state index in [4.69, 9.17) is 0 Å². The third-order valence-corrected chi connectivity index (χ3v) is 5.77. The molecule has 2 heteroatoms. The summed E-state index contributed by atoms with van der Waals surface area (Å²) in [5.74, 6) is 0.547. The van der Waals surface area contributed by atoms with Gasteiger partial charge in [0, 0.05) is 11.0 Å². The zero-order valence-electron chi connectivity index (χ0n) is 16.6. The Labute approximate surface area is 171 Å².